The maximum atomic E-state index is 11.0. The number of likely N-dealkylation sites (tertiary alicyclic amines) is 1. The third-order valence-corrected chi connectivity index (χ3v) is 7.14. The number of halogens is 1. The van der Waals surface area contributed by atoms with Gasteiger partial charge in [-0.05, 0) is 57.0 Å². The summed E-state index contributed by atoms with van der Waals surface area (Å²) < 4.78 is 0. The van der Waals surface area contributed by atoms with Crippen LogP contribution >= 0.6 is 23.4 Å². The Labute approximate surface area is 171 Å². The Morgan fingerprint density at radius 1 is 1.04 bits per heavy atom. The van der Waals surface area contributed by atoms with Crippen LogP contribution in [0.5, 0.6) is 0 Å². The third kappa shape index (κ3) is 4.00. The summed E-state index contributed by atoms with van der Waals surface area (Å²) in [6, 6.07) is 15.5. The van der Waals surface area contributed by atoms with Crippen LogP contribution in [0.2, 0.25) is 5.02 Å². The molecule has 1 saturated heterocycles. The molecule has 0 saturated carbocycles. The van der Waals surface area contributed by atoms with E-state index in [9.17, 15) is 5.11 Å². The highest BCUT2D eigenvalue weighted by molar-refractivity contribution is 7.99. The summed E-state index contributed by atoms with van der Waals surface area (Å²) in [5.74, 6) is 0. The van der Waals surface area contributed by atoms with E-state index in [-0.39, 0.29) is 0 Å². The molecule has 0 amide bonds. The number of hydrogen-bond acceptors (Lipinski definition) is 4. The molecule has 0 spiro atoms. The number of nitrogens with zero attached hydrogens (tertiary/aromatic N) is 2. The maximum absolute atomic E-state index is 11.0. The van der Waals surface area contributed by atoms with Crippen molar-refractivity contribution in [2.75, 3.05) is 18.0 Å². The van der Waals surface area contributed by atoms with Gasteiger partial charge in [-0.15, -0.1) is 0 Å². The van der Waals surface area contributed by atoms with Crippen LogP contribution in [0.25, 0.3) is 0 Å². The normalized spacial score (nSPS) is 23.6. The van der Waals surface area contributed by atoms with Gasteiger partial charge in [0.2, 0.25) is 0 Å². The number of β-amino-alcohol motifs (C(OH)–C–C–N with tert-alkyl or cyclic N) is 1. The summed E-state index contributed by atoms with van der Waals surface area (Å²) in [5, 5.41) is 11.7. The van der Waals surface area contributed by atoms with E-state index in [1.54, 1.807) is 11.8 Å². The lowest BCUT2D eigenvalue weighted by molar-refractivity contribution is 0.0451. The molecule has 2 heterocycles. The predicted octanol–water partition coefficient (Wildman–Crippen LogP) is 5.57. The van der Waals surface area contributed by atoms with Gasteiger partial charge in [0, 0.05) is 33.4 Å². The van der Waals surface area contributed by atoms with Gasteiger partial charge in [-0.25, -0.2) is 0 Å². The van der Waals surface area contributed by atoms with Crippen LogP contribution in [0, 0.1) is 0 Å². The van der Waals surface area contributed by atoms with Gasteiger partial charge in [-0.3, -0.25) is 4.90 Å². The number of aliphatic hydroxyl groups excluding tert-OH is 1. The fraction of sp³-hybridized carbons (Fsp3) is 0.455. The second kappa shape index (κ2) is 8.04. The van der Waals surface area contributed by atoms with E-state index < -0.39 is 6.10 Å². The molecule has 0 aromatic heterocycles. The predicted molar refractivity (Wildman–Crippen MR) is 115 cm³/mol. The Kier molecular flexibility index (Phi) is 5.70. The molecule has 3 unspecified atom stereocenters. The van der Waals surface area contributed by atoms with Crippen molar-refractivity contribution < 1.29 is 5.11 Å². The molecule has 0 bridgehead atoms. The number of rotatable bonds is 4. The Morgan fingerprint density at radius 3 is 2.52 bits per heavy atom. The summed E-state index contributed by atoms with van der Waals surface area (Å²) in [7, 11) is 0. The smallest absolute Gasteiger partial charge is 0.0846 e. The number of benzene rings is 2. The van der Waals surface area contributed by atoms with Crippen LogP contribution in [-0.2, 0) is 0 Å². The molecule has 4 rings (SSSR count). The molecule has 1 N–H and O–H groups in total. The monoisotopic (exact) mass is 402 g/mol. The van der Waals surface area contributed by atoms with Gasteiger partial charge >= 0.3 is 0 Å². The molecule has 3 atom stereocenters. The minimum atomic E-state index is -0.420. The molecule has 0 aliphatic carbocycles. The second-order valence-corrected chi connectivity index (χ2v) is 9.29. The van der Waals surface area contributed by atoms with E-state index in [0.29, 0.717) is 25.2 Å². The Hall–Kier alpha value is -1.20. The van der Waals surface area contributed by atoms with E-state index in [2.05, 4.69) is 54.0 Å². The fourth-order valence-corrected chi connectivity index (χ4v) is 5.59. The first-order valence-electron chi connectivity index (χ1n) is 9.80. The van der Waals surface area contributed by atoms with E-state index >= 15 is 0 Å². The Balaban J connectivity index is 1.58. The number of piperidine rings is 1. The summed E-state index contributed by atoms with van der Waals surface area (Å²) in [6.07, 6.45) is 3.31. The Morgan fingerprint density at radius 2 is 1.74 bits per heavy atom. The average molecular weight is 403 g/mol. The van der Waals surface area contributed by atoms with Gasteiger partial charge < -0.3 is 10.0 Å². The summed E-state index contributed by atoms with van der Waals surface area (Å²) >= 11 is 8.06. The van der Waals surface area contributed by atoms with Crippen molar-refractivity contribution in [3.05, 3.63) is 47.5 Å². The van der Waals surface area contributed by atoms with Gasteiger partial charge in [0.25, 0.3) is 0 Å². The molecule has 2 aromatic carbocycles. The fourth-order valence-electron chi connectivity index (χ4n) is 4.35. The zero-order valence-corrected chi connectivity index (χ0v) is 17.5. The zero-order chi connectivity index (χ0) is 19.0. The first kappa shape index (κ1) is 19.1. The minimum absolute atomic E-state index is 0.420. The minimum Gasteiger partial charge on any atom is -0.390 e. The first-order chi connectivity index (χ1) is 13.0. The van der Waals surface area contributed by atoms with Crippen LogP contribution in [0.1, 0.15) is 33.1 Å². The topological polar surface area (TPSA) is 26.7 Å². The highest BCUT2D eigenvalue weighted by Gasteiger charge is 2.29. The molecule has 2 aliphatic rings. The van der Waals surface area contributed by atoms with Crippen molar-refractivity contribution in [2.24, 2.45) is 0 Å². The van der Waals surface area contributed by atoms with Crippen LogP contribution in [0.4, 0.5) is 11.4 Å². The molecular weight excluding hydrogens is 376 g/mol. The van der Waals surface area contributed by atoms with Gasteiger partial charge in [0.1, 0.15) is 0 Å². The molecule has 0 radical (unpaired) electrons. The van der Waals surface area contributed by atoms with Crippen LogP contribution in [-0.4, -0.2) is 41.3 Å². The van der Waals surface area contributed by atoms with Gasteiger partial charge in [-0.2, -0.15) is 0 Å². The van der Waals surface area contributed by atoms with Crippen molar-refractivity contribution in [2.45, 2.75) is 61.1 Å². The first-order valence-corrected chi connectivity index (χ1v) is 11.0. The van der Waals surface area contributed by atoms with E-state index in [1.807, 2.05) is 12.1 Å². The lowest BCUT2D eigenvalue weighted by Crippen LogP contribution is -2.49. The van der Waals surface area contributed by atoms with Crippen LogP contribution in [0.15, 0.2) is 52.3 Å². The molecule has 1 fully saturated rings. The van der Waals surface area contributed by atoms with Crippen molar-refractivity contribution in [1.29, 1.82) is 0 Å². The standard InChI is InChI=1S/C22H27ClN2OS/c1-15-6-5-7-16(2)24(15)13-18(26)14-25-19-8-3-4-9-21(19)27-22-11-10-17(23)12-20(22)25/h3-4,8-12,15-16,18,26H,5-7,13-14H2,1-2H3. The van der Waals surface area contributed by atoms with E-state index in [4.69, 9.17) is 11.6 Å². The Bertz CT molecular complexity index is 805. The van der Waals surface area contributed by atoms with Gasteiger partial charge in [-0.1, -0.05) is 41.9 Å². The van der Waals surface area contributed by atoms with Gasteiger partial charge in [0.15, 0.2) is 0 Å². The molecule has 2 aromatic rings. The lowest BCUT2D eigenvalue weighted by atomic mass is 9.97. The second-order valence-electron chi connectivity index (χ2n) is 7.77. The van der Waals surface area contributed by atoms with E-state index in [0.717, 1.165) is 16.4 Å². The molecule has 27 heavy (non-hydrogen) atoms. The van der Waals surface area contributed by atoms with Crippen molar-refractivity contribution >= 4 is 34.7 Å². The number of aliphatic hydroxyl groups is 1. The molecular formula is C22H27ClN2OS. The summed E-state index contributed by atoms with van der Waals surface area (Å²) in [5.41, 5.74) is 2.24. The molecule has 144 valence electrons. The number of anilines is 2. The summed E-state index contributed by atoms with van der Waals surface area (Å²) in [4.78, 5) is 7.11. The summed E-state index contributed by atoms with van der Waals surface area (Å²) in [6.45, 7) is 5.85. The molecule has 5 heteroatoms. The SMILES string of the molecule is CC1CCCC(C)N1CC(O)CN1c2ccccc2Sc2ccc(Cl)cc21. The molecule has 3 nitrogen and oxygen atoms in total. The largest absolute Gasteiger partial charge is 0.390 e. The van der Waals surface area contributed by atoms with Crippen molar-refractivity contribution in [3.8, 4) is 0 Å². The zero-order valence-electron chi connectivity index (χ0n) is 15.9. The van der Waals surface area contributed by atoms with Crippen LogP contribution in [0.3, 0.4) is 0 Å². The highest BCUT2D eigenvalue weighted by atomic mass is 35.5. The highest BCUT2D eigenvalue weighted by Crippen LogP contribution is 2.48. The number of para-hydroxylation sites is 1. The van der Waals surface area contributed by atoms with Crippen molar-refractivity contribution in [1.82, 2.24) is 4.90 Å². The lowest BCUT2D eigenvalue weighted by Gasteiger charge is -2.41. The number of hydrogen-bond donors (Lipinski definition) is 1. The van der Waals surface area contributed by atoms with E-state index in [1.165, 1.54) is 29.1 Å². The van der Waals surface area contributed by atoms with Gasteiger partial charge in [0.05, 0.1) is 24.0 Å². The quantitative estimate of drug-likeness (QED) is 0.723. The third-order valence-electron chi connectivity index (χ3n) is 5.78. The molecule has 2 aliphatic heterocycles. The average Bonchev–Trinajstić information content (AvgIpc) is 2.65. The maximum Gasteiger partial charge on any atom is 0.0846 e. The van der Waals surface area contributed by atoms with Crippen molar-refractivity contribution in [3.63, 3.8) is 0 Å². The van der Waals surface area contributed by atoms with Crippen LogP contribution < -0.4 is 4.90 Å². The number of fused-ring (bicyclic) bond motifs is 2.